The molecule has 1 atom stereocenters. The van der Waals surface area contributed by atoms with Gasteiger partial charge >= 0.3 is 0 Å². The maximum absolute atomic E-state index is 9.26. The van der Waals surface area contributed by atoms with Crippen molar-refractivity contribution in [1.29, 1.82) is 0 Å². The summed E-state index contributed by atoms with van der Waals surface area (Å²) >= 11 is 0. The highest BCUT2D eigenvalue weighted by Crippen LogP contribution is 1.90. The summed E-state index contributed by atoms with van der Waals surface area (Å²) in [4.78, 5) is 0. The van der Waals surface area contributed by atoms with Crippen molar-refractivity contribution in [2.24, 2.45) is 0 Å². The van der Waals surface area contributed by atoms with Crippen LogP contribution in [-0.4, -0.2) is 51.2 Å². The molecule has 0 aliphatic carbocycles. The molecule has 2 N–H and O–H groups in total. The van der Waals surface area contributed by atoms with Gasteiger partial charge in [-0.25, -0.2) is 0 Å². The molecule has 0 aliphatic rings. The summed E-state index contributed by atoms with van der Waals surface area (Å²) in [5, 5.41) is 12.5. The van der Waals surface area contributed by atoms with E-state index >= 15 is 0 Å². The van der Waals surface area contributed by atoms with Gasteiger partial charge in [0.25, 0.3) is 0 Å². The first-order valence-corrected chi connectivity index (χ1v) is 5.76. The molecule has 4 nitrogen and oxygen atoms in total. The zero-order valence-electron chi connectivity index (χ0n) is 10.00. The van der Waals surface area contributed by atoms with Crippen molar-refractivity contribution >= 4 is 0 Å². The quantitative estimate of drug-likeness (QED) is 0.504. The highest BCUT2D eigenvalue weighted by molar-refractivity contribution is 4.56. The van der Waals surface area contributed by atoms with Crippen molar-refractivity contribution in [2.75, 3.05) is 40.0 Å². The SMILES string of the molecule is CCC(O)CNCCCCOCCOC. The molecule has 0 aliphatic heterocycles. The molecule has 0 aromatic heterocycles. The molecule has 0 saturated carbocycles. The van der Waals surface area contributed by atoms with Gasteiger partial charge in [0, 0.05) is 20.3 Å². The van der Waals surface area contributed by atoms with Crippen molar-refractivity contribution in [3.8, 4) is 0 Å². The van der Waals surface area contributed by atoms with E-state index in [1.54, 1.807) is 7.11 Å². The van der Waals surface area contributed by atoms with Crippen LogP contribution in [0.2, 0.25) is 0 Å². The van der Waals surface area contributed by atoms with E-state index in [0.29, 0.717) is 19.8 Å². The lowest BCUT2D eigenvalue weighted by Crippen LogP contribution is -2.27. The van der Waals surface area contributed by atoms with E-state index in [1.165, 1.54) is 0 Å². The van der Waals surface area contributed by atoms with Crippen molar-refractivity contribution in [1.82, 2.24) is 5.32 Å². The molecule has 0 aromatic carbocycles. The average molecular weight is 219 g/mol. The Balaban J connectivity index is 2.92. The van der Waals surface area contributed by atoms with Crippen molar-refractivity contribution in [2.45, 2.75) is 32.3 Å². The summed E-state index contributed by atoms with van der Waals surface area (Å²) in [7, 11) is 1.67. The lowest BCUT2D eigenvalue weighted by molar-refractivity contribution is 0.0687. The number of hydrogen-bond acceptors (Lipinski definition) is 4. The Labute approximate surface area is 93.0 Å². The van der Waals surface area contributed by atoms with E-state index in [1.807, 2.05) is 6.92 Å². The first-order chi connectivity index (χ1) is 7.31. The average Bonchev–Trinajstić information content (AvgIpc) is 2.26. The fourth-order valence-electron chi connectivity index (χ4n) is 1.11. The fourth-order valence-corrected chi connectivity index (χ4v) is 1.11. The Kier molecular flexibility index (Phi) is 11.8. The lowest BCUT2D eigenvalue weighted by atomic mass is 10.2. The summed E-state index contributed by atoms with van der Waals surface area (Å²) in [6, 6.07) is 0. The van der Waals surface area contributed by atoms with E-state index in [0.717, 1.165) is 32.4 Å². The van der Waals surface area contributed by atoms with Crippen LogP contribution in [0.3, 0.4) is 0 Å². The van der Waals surface area contributed by atoms with Crippen LogP contribution in [0, 0.1) is 0 Å². The Hall–Kier alpha value is -0.160. The molecule has 0 spiro atoms. The second kappa shape index (κ2) is 11.9. The molecule has 92 valence electrons. The van der Waals surface area contributed by atoms with Gasteiger partial charge in [0.05, 0.1) is 19.3 Å². The van der Waals surface area contributed by atoms with Crippen molar-refractivity contribution < 1.29 is 14.6 Å². The van der Waals surface area contributed by atoms with Gasteiger partial charge in [-0.15, -0.1) is 0 Å². The third kappa shape index (κ3) is 11.8. The standard InChI is InChI=1S/C11H25NO3/c1-3-11(13)10-12-6-4-5-7-15-9-8-14-2/h11-13H,3-10H2,1-2H3. The van der Waals surface area contributed by atoms with Gasteiger partial charge in [0.2, 0.25) is 0 Å². The normalized spacial score (nSPS) is 13.0. The van der Waals surface area contributed by atoms with E-state index in [4.69, 9.17) is 9.47 Å². The van der Waals surface area contributed by atoms with Crippen LogP contribution in [0.15, 0.2) is 0 Å². The Morgan fingerprint density at radius 2 is 2.00 bits per heavy atom. The fraction of sp³-hybridized carbons (Fsp3) is 1.00. The van der Waals surface area contributed by atoms with Crippen LogP contribution in [0.5, 0.6) is 0 Å². The molecule has 0 saturated heterocycles. The predicted octanol–water partition coefficient (Wildman–Crippen LogP) is 0.790. The number of ether oxygens (including phenoxy) is 2. The van der Waals surface area contributed by atoms with Crippen molar-refractivity contribution in [3.05, 3.63) is 0 Å². The van der Waals surface area contributed by atoms with Crippen LogP contribution >= 0.6 is 0 Å². The van der Waals surface area contributed by atoms with Gasteiger partial charge in [0.1, 0.15) is 0 Å². The predicted molar refractivity (Wildman–Crippen MR) is 61.1 cm³/mol. The first kappa shape index (κ1) is 14.8. The third-order valence-corrected chi connectivity index (χ3v) is 2.18. The molecule has 0 rings (SSSR count). The summed E-state index contributed by atoms with van der Waals surface area (Å²) in [6.45, 7) is 5.77. The van der Waals surface area contributed by atoms with Gasteiger partial charge < -0.3 is 19.9 Å². The van der Waals surface area contributed by atoms with Crippen LogP contribution in [0.25, 0.3) is 0 Å². The third-order valence-electron chi connectivity index (χ3n) is 2.18. The Bertz CT molecular complexity index is 122. The maximum atomic E-state index is 9.26. The number of nitrogens with one attached hydrogen (secondary N) is 1. The minimum Gasteiger partial charge on any atom is -0.392 e. The molecule has 4 heteroatoms. The van der Waals surface area contributed by atoms with Crippen LogP contribution < -0.4 is 5.32 Å². The minimum atomic E-state index is -0.206. The van der Waals surface area contributed by atoms with E-state index in [9.17, 15) is 5.11 Å². The Morgan fingerprint density at radius 1 is 1.20 bits per heavy atom. The summed E-state index contributed by atoms with van der Waals surface area (Å²) in [6.07, 6.45) is 2.75. The second-order valence-electron chi connectivity index (χ2n) is 3.58. The van der Waals surface area contributed by atoms with Crippen LogP contribution in [0.1, 0.15) is 26.2 Å². The maximum Gasteiger partial charge on any atom is 0.0700 e. The van der Waals surface area contributed by atoms with E-state index in [-0.39, 0.29) is 6.10 Å². The van der Waals surface area contributed by atoms with Gasteiger partial charge in [-0.3, -0.25) is 0 Å². The summed E-state index contributed by atoms with van der Waals surface area (Å²) in [5.74, 6) is 0. The largest absolute Gasteiger partial charge is 0.392 e. The molecule has 0 heterocycles. The monoisotopic (exact) mass is 219 g/mol. The molecule has 0 aromatic rings. The lowest BCUT2D eigenvalue weighted by Gasteiger charge is -2.09. The Morgan fingerprint density at radius 3 is 2.67 bits per heavy atom. The van der Waals surface area contributed by atoms with Crippen molar-refractivity contribution in [3.63, 3.8) is 0 Å². The molecule has 0 radical (unpaired) electrons. The zero-order valence-corrected chi connectivity index (χ0v) is 10.00. The van der Waals surface area contributed by atoms with E-state index in [2.05, 4.69) is 5.32 Å². The number of aliphatic hydroxyl groups excluding tert-OH is 1. The number of rotatable bonds is 11. The molecular weight excluding hydrogens is 194 g/mol. The molecular formula is C11H25NO3. The molecule has 0 amide bonds. The van der Waals surface area contributed by atoms with Gasteiger partial charge in [-0.05, 0) is 25.8 Å². The number of aliphatic hydroxyl groups is 1. The highest BCUT2D eigenvalue weighted by Gasteiger charge is 1.98. The second-order valence-corrected chi connectivity index (χ2v) is 3.58. The van der Waals surface area contributed by atoms with Crippen LogP contribution in [-0.2, 0) is 9.47 Å². The van der Waals surface area contributed by atoms with Crippen LogP contribution in [0.4, 0.5) is 0 Å². The number of unbranched alkanes of at least 4 members (excludes halogenated alkanes) is 1. The molecule has 1 unspecified atom stereocenters. The zero-order chi connectivity index (χ0) is 11.4. The summed E-state index contributed by atoms with van der Waals surface area (Å²) in [5.41, 5.74) is 0. The molecule has 15 heavy (non-hydrogen) atoms. The van der Waals surface area contributed by atoms with E-state index < -0.39 is 0 Å². The van der Waals surface area contributed by atoms with Gasteiger partial charge in [-0.2, -0.15) is 0 Å². The molecule has 0 fully saturated rings. The minimum absolute atomic E-state index is 0.206. The molecule has 0 bridgehead atoms. The number of methoxy groups -OCH3 is 1. The summed E-state index contributed by atoms with van der Waals surface area (Å²) < 4.78 is 10.2. The van der Waals surface area contributed by atoms with Gasteiger partial charge in [-0.1, -0.05) is 6.92 Å². The number of hydrogen-bond donors (Lipinski definition) is 2. The topological polar surface area (TPSA) is 50.7 Å². The first-order valence-electron chi connectivity index (χ1n) is 5.76. The smallest absolute Gasteiger partial charge is 0.0700 e. The highest BCUT2D eigenvalue weighted by atomic mass is 16.5. The van der Waals surface area contributed by atoms with Gasteiger partial charge in [0.15, 0.2) is 0 Å².